The molecule has 0 aliphatic rings. The number of hydrogen-bond acceptors (Lipinski definition) is 2. The van der Waals surface area contributed by atoms with Crippen molar-refractivity contribution in [1.29, 1.82) is 0 Å². The van der Waals surface area contributed by atoms with Crippen LogP contribution in [0, 0.1) is 11.3 Å². The molecule has 1 amide bonds. The maximum atomic E-state index is 11.9. The first-order valence-corrected chi connectivity index (χ1v) is 7.76. The first kappa shape index (κ1) is 18.4. The third-order valence-electron chi connectivity index (χ3n) is 3.68. The van der Waals surface area contributed by atoms with E-state index in [-0.39, 0.29) is 11.3 Å². The van der Waals surface area contributed by atoms with Gasteiger partial charge < -0.3 is 11.1 Å². The Labute approximate surface area is 119 Å². The van der Waals surface area contributed by atoms with Crippen molar-refractivity contribution in [2.45, 2.75) is 79.2 Å². The number of carbonyl (C=O) groups excluding carboxylic acids is 1. The molecule has 0 aliphatic carbocycles. The van der Waals surface area contributed by atoms with Gasteiger partial charge in [0.2, 0.25) is 5.91 Å². The highest BCUT2D eigenvalue weighted by Crippen LogP contribution is 2.25. The van der Waals surface area contributed by atoms with Gasteiger partial charge in [0.25, 0.3) is 0 Å². The van der Waals surface area contributed by atoms with Crippen molar-refractivity contribution in [2.24, 2.45) is 17.1 Å². The molecule has 3 heteroatoms. The van der Waals surface area contributed by atoms with Gasteiger partial charge in [0.15, 0.2) is 0 Å². The highest BCUT2D eigenvalue weighted by molar-refractivity contribution is 5.76. The molecule has 0 heterocycles. The Hall–Kier alpha value is -0.570. The average molecular weight is 270 g/mol. The summed E-state index contributed by atoms with van der Waals surface area (Å²) in [5.41, 5.74) is 5.75. The number of hydrogen-bond donors (Lipinski definition) is 2. The molecule has 3 N–H and O–H groups in total. The molecule has 114 valence electrons. The number of amides is 1. The van der Waals surface area contributed by atoms with Gasteiger partial charge >= 0.3 is 0 Å². The van der Waals surface area contributed by atoms with Crippen LogP contribution in [0.2, 0.25) is 0 Å². The third-order valence-corrected chi connectivity index (χ3v) is 3.68. The van der Waals surface area contributed by atoms with Crippen LogP contribution < -0.4 is 11.1 Å². The van der Waals surface area contributed by atoms with Gasteiger partial charge in [0, 0.05) is 12.5 Å². The van der Waals surface area contributed by atoms with Crippen molar-refractivity contribution in [1.82, 2.24) is 5.32 Å². The Balaban J connectivity index is 3.79. The Morgan fingerprint density at radius 2 is 1.79 bits per heavy atom. The van der Waals surface area contributed by atoms with E-state index in [1.54, 1.807) is 0 Å². The minimum Gasteiger partial charge on any atom is -0.354 e. The largest absolute Gasteiger partial charge is 0.354 e. The molecule has 0 aliphatic heterocycles. The lowest BCUT2D eigenvalue weighted by molar-refractivity contribution is -0.122. The lowest BCUT2D eigenvalue weighted by Gasteiger charge is -2.24. The molecule has 0 bridgehead atoms. The summed E-state index contributed by atoms with van der Waals surface area (Å²) in [5, 5.41) is 3.10. The van der Waals surface area contributed by atoms with Crippen LogP contribution in [0.3, 0.4) is 0 Å². The minimum absolute atomic E-state index is 0.174. The lowest BCUT2D eigenvalue weighted by Crippen LogP contribution is -2.33. The summed E-state index contributed by atoms with van der Waals surface area (Å²) in [7, 11) is 0. The van der Waals surface area contributed by atoms with Crippen LogP contribution in [0.1, 0.15) is 73.1 Å². The molecule has 3 nitrogen and oxygen atoms in total. The van der Waals surface area contributed by atoms with Crippen molar-refractivity contribution in [3.05, 3.63) is 0 Å². The quantitative estimate of drug-likeness (QED) is 0.638. The molecule has 0 saturated carbocycles. The molecule has 0 rings (SSSR count). The topological polar surface area (TPSA) is 55.1 Å². The van der Waals surface area contributed by atoms with E-state index < -0.39 is 0 Å². The first-order valence-electron chi connectivity index (χ1n) is 7.76. The van der Waals surface area contributed by atoms with E-state index in [2.05, 4.69) is 39.9 Å². The predicted octanol–water partition coefficient (Wildman–Crippen LogP) is 3.47. The van der Waals surface area contributed by atoms with E-state index in [4.69, 9.17) is 5.73 Å². The van der Waals surface area contributed by atoms with Crippen molar-refractivity contribution in [2.75, 3.05) is 6.54 Å². The van der Waals surface area contributed by atoms with Crippen molar-refractivity contribution in [3.8, 4) is 0 Å². The lowest BCUT2D eigenvalue weighted by atomic mass is 9.84. The van der Waals surface area contributed by atoms with Gasteiger partial charge in [-0.2, -0.15) is 0 Å². The summed E-state index contributed by atoms with van der Waals surface area (Å²) in [6.07, 6.45) is 6.01. The predicted molar refractivity (Wildman–Crippen MR) is 83.0 cm³/mol. The first-order chi connectivity index (χ1) is 8.76. The van der Waals surface area contributed by atoms with Gasteiger partial charge in [-0.15, -0.1) is 0 Å². The Morgan fingerprint density at radius 3 is 2.32 bits per heavy atom. The minimum atomic E-state index is 0.174. The summed E-state index contributed by atoms with van der Waals surface area (Å²) < 4.78 is 0. The van der Waals surface area contributed by atoms with Crippen LogP contribution in [0.15, 0.2) is 0 Å². The summed E-state index contributed by atoms with van der Waals surface area (Å²) in [5.74, 6) is 0.933. The number of rotatable bonds is 10. The summed E-state index contributed by atoms with van der Waals surface area (Å²) in [6, 6.07) is 0.295. The molecule has 0 saturated heterocycles. The monoisotopic (exact) mass is 270 g/mol. The molecule has 0 radical (unpaired) electrons. The normalized spacial score (nSPS) is 13.6. The third kappa shape index (κ3) is 11.0. The second-order valence-electron chi connectivity index (χ2n) is 7.00. The van der Waals surface area contributed by atoms with Crippen LogP contribution in [-0.2, 0) is 4.79 Å². The zero-order valence-electron chi connectivity index (χ0n) is 13.6. The Kier molecular flexibility index (Phi) is 9.07. The van der Waals surface area contributed by atoms with Crippen LogP contribution in [0.4, 0.5) is 0 Å². The Morgan fingerprint density at radius 1 is 1.16 bits per heavy atom. The van der Waals surface area contributed by atoms with Crippen LogP contribution >= 0.6 is 0 Å². The van der Waals surface area contributed by atoms with Gasteiger partial charge in [-0.1, -0.05) is 40.5 Å². The van der Waals surface area contributed by atoms with Crippen molar-refractivity contribution >= 4 is 5.91 Å². The molecule has 1 atom stereocenters. The van der Waals surface area contributed by atoms with Crippen LogP contribution in [0.5, 0.6) is 0 Å². The van der Waals surface area contributed by atoms with Crippen molar-refractivity contribution in [3.63, 3.8) is 0 Å². The highest BCUT2D eigenvalue weighted by atomic mass is 16.1. The van der Waals surface area contributed by atoms with Crippen LogP contribution in [0.25, 0.3) is 0 Å². The van der Waals surface area contributed by atoms with E-state index in [1.165, 1.54) is 12.8 Å². The molecule has 1 unspecified atom stereocenters. The number of nitrogens with two attached hydrogens (primary N) is 1. The van der Waals surface area contributed by atoms with E-state index in [9.17, 15) is 4.79 Å². The van der Waals surface area contributed by atoms with Crippen molar-refractivity contribution < 1.29 is 4.79 Å². The van der Waals surface area contributed by atoms with Gasteiger partial charge in [-0.05, 0) is 44.1 Å². The zero-order chi connectivity index (χ0) is 14.9. The van der Waals surface area contributed by atoms with E-state index >= 15 is 0 Å². The SMILES string of the molecule is CC(C)CCCC(C)NC(=O)CCC(C)(C)CCN. The molecule has 0 aromatic rings. The highest BCUT2D eigenvalue weighted by Gasteiger charge is 2.18. The molecular formula is C16H34N2O. The van der Waals surface area contributed by atoms with E-state index in [0.29, 0.717) is 19.0 Å². The fraction of sp³-hybridized carbons (Fsp3) is 0.938. The maximum Gasteiger partial charge on any atom is 0.220 e. The molecule has 0 aromatic heterocycles. The maximum absolute atomic E-state index is 11.9. The fourth-order valence-corrected chi connectivity index (χ4v) is 2.22. The van der Waals surface area contributed by atoms with Gasteiger partial charge in [-0.3, -0.25) is 4.79 Å². The molecule has 0 fully saturated rings. The van der Waals surface area contributed by atoms with Gasteiger partial charge in [-0.25, -0.2) is 0 Å². The number of carbonyl (C=O) groups is 1. The smallest absolute Gasteiger partial charge is 0.220 e. The van der Waals surface area contributed by atoms with Crippen LogP contribution in [-0.4, -0.2) is 18.5 Å². The van der Waals surface area contributed by atoms with Gasteiger partial charge in [0.05, 0.1) is 0 Å². The summed E-state index contributed by atoms with van der Waals surface area (Å²) >= 11 is 0. The summed E-state index contributed by atoms with van der Waals surface area (Å²) in [4.78, 5) is 11.9. The second kappa shape index (κ2) is 9.35. The molecule has 0 aromatic carbocycles. The zero-order valence-corrected chi connectivity index (χ0v) is 13.6. The number of nitrogens with one attached hydrogen (secondary N) is 1. The fourth-order valence-electron chi connectivity index (χ4n) is 2.22. The Bertz CT molecular complexity index is 249. The van der Waals surface area contributed by atoms with Gasteiger partial charge in [0.1, 0.15) is 0 Å². The second-order valence-corrected chi connectivity index (χ2v) is 7.00. The van der Waals surface area contributed by atoms with E-state index in [0.717, 1.165) is 25.2 Å². The molecular weight excluding hydrogens is 236 g/mol. The molecule has 19 heavy (non-hydrogen) atoms. The van der Waals surface area contributed by atoms with E-state index in [1.807, 2.05) is 0 Å². The molecule has 0 spiro atoms. The standard InChI is InChI=1S/C16H34N2O/c1-13(2)7-6-8-14(3)18-15(19)9-10-16(4,5)11-12-17/h13-14H,6-12,17H2,1-5H3,(H,18,19). The average Bonchev–Trinajstić information content (AvgIpc) is 2.26. The summed E-state index contributed by atoms with van der Waals surface area (Å²) in [6.45, 7) is 11.6.